The van der Waals surface area contributed by atoms with Crippen molar-refractivity contribution in [1.82, 2.24) is 0 Å². The Morgan fingerprint density at radius 3 is 2.21 bits per heavy atom. The minimum absolute atomic E-state index is 0.0590. The summed E-state index contributed by atoms with van der Waals surface area (Å²) in [6.45, 7) is 3.78. The smallest absolute Gasteiger partial charge is 0.339 e. The molecule has 0 aliphatic rings. The molecule has 0 unspecified atom stereocenters. The molecule has 0 amide bonds. The average molecular weight is 396 g/mol. The largest absolute Gasteiger partial charge is 0.488 e. The first-order valence-electron chi connectivity index (χ1n) is 8.67. The number of benzene rings is 3. The molecule has 0 aliphatic heterocycles. The third-order valence-electron chi connectivity index (χ3n) is 4.25. The molecule has 0 spiro atoms. The molecule has 3 rings (SSSR count). The fraction of sp³-hybridized carbons (Fsp3) is 0.136. The number of carbonyl (C=O) groups is 1. The molecular weight excluding hydrogens is 376 g/mol. The zero-order valence-corrected chi connectivity index (χ0v) is 16.4. The molecule has 6 heteroatoms. The van der Waals surface area contributed by atoms with Crippen molar-refractivity contribution in [2.75, 3.05) is 0 Å². The van der Waals surface area contributed by atoms with Gasteiger partial charge in [-0.05, 0) is 43.7 Å². The summed E-state index contributed by atoms with van der Waals surface area (Å²) in [5.41, 5.74) is 2.64. The van der Waals surface area contributed by atoms with Crippen LogP contribution < -0.4 is 8.92 Å². The summed E-state index contributed by atoms with van der Waals surface area (Å²) in [4.78, 5) is 11.5. The number of aldehydes is 1. The lowest BCUT2D eigenvalue weighted by molar-refractivity contribution is 0.111. The predicted molar refractivity (Wildman–Crippen MR) is 106 cm³/mol. The van der Waals surface area contributed by atoms with E-state index in [1.54, 1.807) is 19.1 Å². The van der Waals surface area contributed by atoms with Gasteiger partial charge in [-0.25, -0.2) is 0 Å². The van der Waals surface area contributed by atoms with Crippen LogP contribution in [0.2, 0.25) is 0 Å². The van der Waals surface area contributed by atoms with Crippen LogP contribution in [0.3, 0.4) is 0 Å². The molecule has 0 bridgehead atoms. The second-order valence-electron chi connectivity index (χ2n) is 6.35. The van der Waals surface area contributed by atoms with Crippen molar-refractivity contribution in [3.63, 3.8) is 0 Å². The van der Waals surface area contributed by atoms with E-state index in [4.69, 9.17) is 8.92 Å². The summed E-state index contributed by atoms with van der Waals surface area (Å²) in [5.74, 6) is 0.421. The molecule has 0 heterocycles. The molecule has 0 atom stereocenters. The first-order valence-corrected chi connectivity index (χ1v) is 10.1. The van der Waals surface area contributed by atoms with Crippen LogP contribution in [0.25, 0.3) is 0 Å². The highest BCUT2D eigenvalue weighted by atomic mass is 32.2. The van der Waals surface area contributed by atoms with Crippen molar-refractivity contribution in [3.8, 4) is 11.5 Å². The van der Waals surface area contributed by atoms with Gasteiger partial charge in [-0.2, -0.15) is 8.42 Å². The first kappa shape index (κ1) is 19.6. The minimum Gasteiger partial charge on any atom is -0.488 e. The summed E-state index contributed by atoms with van der Waals surface area (Å²) in [5, 5.41) is 0. The van der Waals surface area contributed by atoms with Crippen LogP contribution in [0.1, 0.15) is 27.0 Å². The van der Waals surface area contributed by atoms with Crippen LogP contribution in [0, 0.1) is 13.8 Å². The maximum atomic E-state index is 12.6. The van der Waals surface area contributed by atoms with Crippen molar-refractivity contribution in [3.05, 3.63) is 89.0 Å². The van der Waals surface area contributed by atoms with Gasteiger partial charge in [0, 0.05) is 5.56 Å². The van der Waals surface area contributed by atoms with Crippen LogP contribution >= 0.6 is 0 Å². The SMILES string of the molecule is Cc1ccc(S(=O)(=O)Oc2ccc(C=O)c(OCc3ccccc3)c2C)cc1. The van der Waals surface area contributed by atoms with Crippen LogP contribution in [0.5, 0.6) is 11.5 Å². The number of rotatable bonds is 7. The number of hydrogen-bond donors (Lipinski definition) is 0. The summed E-state index contributed by atoms with van der Waals surface area (Å²) < 4.78 is 36.3. The normalized spacial score (nSPS) is 11.1. The number of ether oxygens (including phenoxy) is 1. The monoisotopic (exact) mass is 396 g/mol. The van der Waals surface area contributed by atoms with E-state index >= 15 is 0 Å². The number of aryl methyl sites for hydroxylation is 1. The molecule has 3 aromatic rings. The van der Waals surface area contributed by atoms with Crippen LogP contribution in [-0.2, 0) is 16.7 Å². The fourth-order valence-corrected chi connectivity index (χ4v) is 3.65. The van der Waals surface area contributed by atoms with Gasteiger partial charge in [-0.1, -0.05) is 48.0 Å². The van der Waals surface area contributed by atoms with E-state index in [2.05, 4.69) is 0 Å². The lowest BCUT2D eigenvalue weighted by atomic mass is 10.1. The van der Waals surface area contributed by atoms with Crippen molar-refractivity contribution in [2.45, 2.75) is 25.3 Å². The number of carbonyl (C=O) groups excluding carboxylic acids is 1. The maximum Gasteiger partial charge on any atom is 0.339 e. The molecule has 0 radical (unpaired) electrons. The molecule has 5 nitrogen and oxygen atoms in total. The van der Waals surface area contributed by atoms with E-state index < -0.39 is 10.1 Å². The van der Waals surface area contributed by atoms with E-state index in [0.717, 1.165) is 11.1 Å². The lowest BCUT2D eigenvalue weighted by Crippen LogP contribution is -2.11. The van der Waals surface area contributed by atoms with Gasteiger partial charge >= 0.3 is 10.1 Å². The zero-order chi connectivity index (χ0) is 20.1. The lowest BCUT2D eigenvalue weighted by Gasteiger charge is -2.15. The Bertz CT molecular complexity index is 1070. The Balaban J connectivity index is 1.89. The minimum atomic E-state index is -4.00. The highest BCUT2D eigenvalue weighted by molar-refractivity contribution is 7.87. The van der Waals surface area contributed by atoms with Gasteiger partial charge in [-0.15, -0.1) is 0 Å². The van der Waals surface area contributed by atoms with Gasteiger partial charge in [0.05, 0.1) is 5.56 Å². The third kappa shape index (κ3) is 4.40. The van der Waals surface area contributed by atoms with E-state index in [1.807, 2.05) is 37.3 Å². The maximum absolute atomic E-state index is 12.6. The summed E-state index contributed by atoms with van der Waals surface area (Å²) in [7, 11) is -4.00. The summed E-state index contributed by atoms with van der Waals surface area (Å²) in [6, 6.07) is 18.8. The molecule has 0 aromatic heterocycles. The third-order valence-corrected chi connectivity index (χ3v) is 5.50. The Kier molecular flexibility index (Phi) is 5.80. The Labute approximate surface area is 164 Å². The molecular formula is C22H20O5S. The highest BCUT2D eigenvalue weighted by Gasteiger charge is 2.20. The standard InChI is InChI=1S/C22H20O5S/c1-16-8-11-20(12-9-16)28(24,25)27-21-13-10-19(14-23)22(17(21)2)26-15-18-6-4-3-5-7-18/h3-14H,15H2,1-2H3. The van der Waals surface area contributed by atoms with Crippen molar-refractivity contribution >= 4 is 16.4 Å². The van der Waals surface area contributed by atoms with Crippen LogP contribution in [0.4, 0.5) is 0 Å². The summed E-state index contributed by atoms with van der Waals surface area (Å²) in [6.07, 6.45) is 0.672. The molecule has 0 saturated carbocycles. The zero-order valence-electron chi connectivity index (χ0n) is 15.6. The van der Waals surface area contributed by atoms with Crippen LogP contribution in [0.15, 0.2) is 71.6 Å². The molecule has 28 heavy (non-hydrogen) atoms. The Morgan fingerprint density at radius 1 is 0.893 bits per heavy atom. The van der Waals surface area contributed by atoms with E-state index in [0.29, 0.717) is 23.2 Å². The Hall–Kier alpha value is -3.12. The van der Waals surface area contributed by atoms with Crippen LogP contribution in [-0.4, -0.2) is 14.7 Å². The van der Waals surface area contributed by atoms with Gasteiger partial charge in [-0.3, -0.25) is 4.79 Å². The molecule has 0 fully saturated rings. The van der Waals surface area contributed by atoms with Gasteiger partial charge in [0.2, 0.25) is 0 Å². The van der Waals surface area contributed by atoms with Gasteiger partial charge in [0.1, 0.15) is 23.0 Å². The van der Waals surface area contributed by atoms with Crippen molar-refractivity contribution < 1.29 is 22.1 Å². The van der Waals surface area contributed by atoms with Crippen molar-refractivity contribution in [2.24, 2.45) is 0 Å². The molecule has 144 valence electrons. The quantitative estimate of drug-likeness (QED) is 0.436. The van der Waals surface area contributed by atoms with E-state index in [-0.39, 0.29) is 17.3 Å². The van der Waals surface area contributed by atoms with Gasteiger partial charge in [0.25, 0.3) is 0 Å². The van der Waals surface area contributed by atoms with E-state index in [1.165, 1.54) is 24.3 Å². The van der Waals surface area contributed by atoms with Gasteiger partial charge in [0.15, 0.2) is 6.29 Å². The molecule has 3 aromatic carbocycles. The van der Waals surface area contributed by atoms with Crippen molar-refractivity contribution in [1.29, 1.82) is 0 Å². The topological polar surface area (TPSA) is 69.7 Å². The molecule has 0 saturated heterocycles. The first-order chi connectivity index (χ1) is 13.4. The highest BCUT2D eigenvalue weighted by Crippen LogP contribution is 2.33. The Morgan fingerprint density at radius 2 is 1.57 bits per heavy atom. The molecule has 0 aliphatic carbocycles. The van der Waals surface area contributed by atoms with Gasteiger partial charge < -0.3 is 8.92 Å². The number of hydrogen-bond acceptors (Lipinski definition) is 5. The summed E-state index contributed by atoms with van der Waals surface area (Å²) >= 11 is 0. The second kappa shape index (κ2) is 8.27. The second-order valence-corrected chi connectivity index (χ2v) is 7.90. The predicted octanol–water partition coefficient (Wildman–Crippen LogP) is 4.46. The molecule has 0 N–H and O–H groups in total. The average Bonchev–Trinajstić information content (AvgIpc) is 2.69. The van der Waals surface area contributed by atoms with E-state index in [9.17, 15) is 13.2 Å². The fourth-order valence-electron chi connectivity index (χ4n) is 2.67.